The lowest BCUT2D eigenvalue weighted by atomic mass is 9.98. The number of nitrogens with zero attached hydrogens (tertiary/aromatic N) is 5. The molecule has 12 rings (SSSR count). The van der Waals surface area contributed by atoms with Gasteiger partial charge in [0.2, 0.25) is 0 Å². The molecule has 0 aliphatic heterocycles. The molecule has 0 amide bonds. The van der Waals surface area contributed by atoms with Crippen molar-refractivity contribution in [3.8, 4) is 62.2 Å². The molecular weight excluding hydrogens is 743 g/mol. The standard InChI is InChI=1S/C56H35N5/c1-3-15-40(16-4-1)56-60-54-51(61(56)45-19-5-2-6-20-45)32-31-47-46-21-11-12-22-48(46)57-53(52(47)54)38-25-27-39(28-26-38)55-58-49(43-29-23-36-13-7-9-17-41(36)33-43)35-50(59-55)44-30-24-37-14-8-10-18-42(37)34-44/h1-35H. The molecular formula is C56H35N5. The van der Waals surface area contributed by atoms with E-state index >= 15 is 0 Å². The van der Waals surface area contributed by atoms with Gasteiger partial charge in [0, 0.05) is 44.3 Å². The maximum Gasteiger partial charge on any atom is 0.160 e. The summed E-state index contributed by atoms with van der Waals surface area (Å²) in [5.74, 6) is 1.54. The van der Waals surface area contributed by atoms with E-state index in [9.17, 15) is 0 Å². The lowest BCUT2D eigenvalue weighted by Crippen LogP contribution is -1.97. The normalized spacial score (nSPS) is 11.6. The molecule has 0 aliphatic carbocycles. The molecule has 0 atom stereocenters. The van der Waals surface area contributed by atoms with Crippen molar-refractivity contribution in [3.63, 3.8) is 0 Å². The number of pyridine rings is 1. The minimum atomic E-state index is 0.660. The van der Waals surface area contributed by atoms with Gasteiger partial charge in [-0.3, -0.25) is 4.57 Å². The molecule has 9 aromatic carbocycles. The van der Waals surface area contributed by atoms with Gasteiger partial charge in [0.05, 0.1) is 33.6 Å². The van der Waals surface area contributed by atoms with Crippen LogP contribution >= 0.6 is 0 Å². The largest absolute Gasteiger partial charge is 0.292 e. The average molecular weight is 778 g/mol. The summed E-state index contributed by atoms with van der Waals surface area (Å²) in [6.45, 7) is 0. The van der Waals surface area contributed by atoms with E-state index in [2.05, 4.69) is 205 Å². The van der Waals surface area contributed by atoms with E-state index in [0.717, 1.165) is 89.1 Å². The van der Waals surface area contributed by atoms with E-state index in [-0.39, 0.29) is 0 Å². The Morgan fingerprint density at radius 1 is 0.344 bits per heavy atom. The Morgan fingerprint density at radius 2 is 0.902 bits per heavy atom. The second-order valence-corrected chi connectivity index (χ2v) is 15.5. The van der Waals surface area contributed by atoms with E-state index < -0.39 is 0 Å². The fourth-order valence-electron chi connectivity index (χ4n) is 8.76. The van der Waals surface area contributed by atoms with Crippen LogP contribution in [-0.2, 0) is 0 Å². The first-order chi connectivity index (χ1) is 30.2. The summed E-state index contributed by atoms with van der Waals surface area (Å²) in [4.78, 5) is 21.3. The second kappa shape index (κ2) is 14.2. The third-order valence-corrected chi connectivity index (χ3v) is 11.8. The van der Waals surface area contributed by atoms with Crippen LogP contribution in [0.3, 0.4) is 0 Å². The van der Waals surface area contributed by atoms with Crippen LogP contribution in [0.5, 0.6) is 0 Å². The first-order valence-electron chi connectivity index (χ1n) is 20.5. The monoisotopic (exact) mass is 777 g/mol. The average Bonchev–Trinajstić information content (AvgIpc) is 3.74. The number of imidazole rings is 1. The van der Waals surface area contributed by atoms with Gasteiger partial charge in [-0.2, -0.15) is 0 Å². The molecule has 0 spiro atoms. The molecule has 0 unspecified atom stereocenters. The zero-order valence-corrected chi connectivity index (χ0v) is 32.9. The van der Waals surface area contributed by atoms with Crippen LogP contribution in [0.1, 0.15) is 0 Å². The molecule has 5 nitrogen and oxygen atoms in total. The third-order valence-electron chi connectivity index (χ3n) is 11.8. The van der Waals surface area contributed by atoms with Gasteiger partial charge in [-0.25, -0.2) is 19.9 Å². The molecule has 12 aromatic rings. The van der Waals surface area contributed by atoms with Crippen LogP contribution in [0.25, 0.3) is 116 Å². The van der Waals surface area contributed by atoms with E-state index in [0.29, 0.717) is 5.82 Å². The number of fused-ring (bicyclic) bond motifs is 7. The van der Waals surface area contributed by atoms with Gasteiger partial charge in [-0.1, -0.05) is 170 Å². The Labute approximate surface area is 351 Å². The summed E-state index contributed by atoms with van der Waals surface area (Å²) >= 11 is 0. The van der Waals surface area contributed by atoms with E-state index in [1.165, 1.54) is 21.5 Å². The molecule has 3 aromatic heterocycles. The smallest absolute Gasteiger partial charge is 0.160 e. The fraction of sp³-hybridized carbons (Fsp3) is 0. The van der Waals surface area contributed by atoms with Crippen LogP contribution in [0, 0.1) is 0 Å². The highest BCUT2D eigenvalue weighted by atomic mass is 15.1. The highest BCUT2D eigenvalue weighted by Crippen LogP contribution is 2.40. The molecule has 0 saturated heterocycles. The molecule has 0 bridgehead atoms. The Bertz CT molecular complexity index is 3530. The molecule has 3 heterocycles. The summed E-state index contributed by atoms with van der Waals surface area (Å²) < 4.78 is 2.26. The maximum absolute atomic E-state index is 5.46. The van der Waals surface area contributed by atoms with Crippen molar-refractivity contribution in [2.75, 3.05) is 0 Å². The van der Waals surface area contributed by atoms with Gasteiger partial charge in [-0.05, 0) is 69.4 Å². The molecule has 284 valence electrons. The maximum atomic E-state index is 5.46. The highest BCUT2D eigenvalue weighted by Gasteiger charge is 2.21. The van der Waals surface area contributed by atoms with Crippen molar-refractivity contribution in [2.24, 2.45) is 0 Å². The van der Waals surface area contributed by atoms with Crippen LogP contribution in [-0.4, -0.2) is 24.5 Å². The van der Waals surface area contributed by atoms with Crippen molar-refractivity contribution < 1.29 is 0 Å². The third kappa shape index (κ3) is 6.02. The molecule has 0 radical (unpaired) electrons. The summed E-state index contributed by atoms with van der Waals surface area (Å²) in [6.07, 6.45) is 0. The Kier molecular flexibility index (Phi) is 8.10. The van der Waals surface area contributed by atoms with Crippen molar-refractivity contribution >= 4 is 54.3 Å². The van der Waals surface area contributed by atoms with Gasteiger partial charge < -0.3 is 0 Å². The van der Waals surface area contributed by atoms with Gasteiger partial charge in [0.25, 0.3) is 0 Å². The van der Waals surface area contributed by atoms with Gasteiger partial charge in [-0.15, -0.1) is 0 Å². The lowest BCUT2D eigenvalue weighted by Gasteiger charge is -2.13. The number of aromatic nitrogens is 5. The number of hydrogen-bond donors (Lipinski definition) is 0. The topological polar surface area (TPSA) is 56.5 Å². The molecule has 0 N–H and O–H groups in total. The number of rotatable bonds is 6. The predicted octanol–water partition coefficient (Wildman–Crippen LogP) is 14.2. The number of para-hydroxylation sites is 2. The van der Waals surface area contributed by atoms with Gasteiger partial charge >= 0.3 is 0 Å². The summed E-state index contributed by atoms with van der Waals surface area (Å²) in [5, 5.41) is 7.96. The van der Waals surface area contributed by atoms with Crippen molar-refractivity contribution in [3.05, 3.63) is 212 Å². The van der Waals surface area contributed by atoms with Crippen LogP contribution in [0.4, 0.5) is 0 Å². The molecule has 0 fully saturated rings. The summed E-state index contributed by atoms with van der Waals surface area (Å²) in [5.41, 5.74) is 11.6. The first kappa shape index (κ1) is 34.7. The quantitative estimate of drug-likeness (QED) is 0.158. The first-order valence-corrected chi connectivity index (χ1v) is 20.5. The number of hydrogen-bond acceptors (Lipinski definition) is 4. The van der Waals surface area contributed by atoms with E-state index in [4.69, 9.17) is 19.9 Å². The lowest BCUT2D eigenvalue weighted by molar-refractivity contribution is 1.10. The summed E-state index contributed by atoms with van der Waals surface area (Å²) in [6, 6.07) is 74.3. The predicted molar refractivity (Wildman–Crippen MR) is 252 cm³/mol. The van der Waals surface area contributed by atoms with Crippen molar-refractivity contribution in [2.45, 2.75) is 0 Å². The van der Waals surface area contributed by atoms with E-state index in [1.54, 1.807) is 0 Å². The van der Waals surface area contributed by atoms with Crippen molar-refractivity contribution in [1.82, 2.24) is 24.5 Å². The minimum absolute atomic E-state index is 0.660. The number of benzene rings is 9. The van der Waals surface area contributed by atoms with Crippen LogP contribution in [0.15, 0.2) is 212 Å². The van der Waals surface area contributed by atoms with Crippen molar-refractivity contribution in [1.29, 1.82) is 0 Å². The zero-order valence-electron chi connectivity index (χ0n) is 32.9. The second-order valence-electron chi connectivity index (χ2n) is 15.5. The zero-order chi connectivity index (χ0) is 40.3. The highest BCUT2D eigenvalue weighted by molar-refractivity contribution is 6.20. The fourth-order valence-corrected chi connectivity index (χ4v) is 8.76. The van der Waals surface area contributed by atoms with Crippen LogP contribution < -0.4 is 0 Å². The van der Waals surface area contributed by atoms with Gasteiger partial charge in [0.15, 0.2) is 5.82 Å². The Hall–Kier alpha value is -8.28. The molecule has 5 heteroatoms. The Morgan fingerprint density at radius 3 is 1.57 bits per heavy atom. The molecule has 0 saturated carbocycles. The molecule has 61 heavy (non-hydrogen) atoms. The minimum Gasteiger partial charge on any atom is -0.292 e. The summed E-state index contributed by atoms with van der Waals surface area (Å²) in [7, 11) is 0. The van der Waals surface area contributed by atoms with Crippen LogP contribution in [0.2, 0.25) is 0 Å². The SMILES string of the molecule is c1ccc(-c2nc3c4c(-c5ccc(-c6nc(-c7ccc8ccccc8c7)cc(-c7ccc8ccccc8c7)n6)cc5)nc5ccccc5c4ccc3n2-c2ccccc2)cc1. The molecule has 0 aliphatic rings. The van der Waals surface area contributed by atoms with Gasteiger partial charge in [0.1, 0.15) is 5.82 Å². The van der Waals surface area contributed by atoms with E-state index in [1.807, 2.05) is 12.1 Å². The Balaban J connectivity index is 1.04.